The molecule has 0 aromatic carbocycles. The van der Waals surface area contributed by atoms with Gasteiger partial charge in [0.25, 0.3) is 0 Å². The van der Waals surface area contributed by atoms with Crippen LogP contribution in [-0.2, 0) is 0 Å². The van der Waals surface area contributed by atoms with E-state index in [1.165, 1.54) is 25.7 Å². The molecule has 0 aliphatic heterocycles. The minimum atomic E-state index is 0.445. The highest BCUT2D eigenvalue weighted by molar-refractivity contribution is 6.21. The molecule has 2 aliphatic carbocycles. The van der Waals surface area contributed by atoms with Gasteiger partial charge in [0.1, 0.15) is 0 Å². The Kier molecular flexibility index (Phi) is 2.37. The van der Waals surface area contributed by atoms with Crippen molar-refractivity contribution < 1.29 is 0 Å². The average molecular weight is 187 g/mol. The molecule has 4 atom stereocenters. The minimum Gasteiger partial charge on any atom is -0.122 e. The van der Waals surface area contributed by atoms with Crippen molar-refractivity contribution in [2.45, 2.75) is 44.9 Å². The first-order valence-electron chi connectivity index (χ1n) is 5.32. The molecule has 70 valence electrons. The molecule has 2 rings (SSSR count). The van der Waals surface area contributed by atoms with Crippen molar-refractivity contribution >= 4 is 11.6 Å². The number of hydrogen-bond donors (Lipinski definition) is 0. The van der Waals surface area contributed by atoms with Gasteiger partial charge in [-0.15, -0.1) is 11.6 Å². The molecular formula is C11H19Cl. The van der Waals surface area contributed by atoms with E-state index < -0.39 is 0 Å². The van der Waals surface area contributed by atoms with Crippen molar-refractivity contribution in [3.63, 3.8) is 0 Å². The van der Waals surface area contributed by atoms with E-state index in [0.717, 1.165) is 17.8 Å². The molecule has 0 radical (unpaired) electrons. The van der Waals surface area contributed by atoms with Crippen LogP contribution in [0.25, 0.3) is 0 Å². The first kappa shape index (κ1) is 8.87. The second-order valence-corrected chi connectivity index (χ2v) is 5.53. The van der Waals surface area contributed by atoms with Crippen LogP contribution in [0.1, 0.15) is 39.5 Å². The third-order valence-corrected chi connectivity index (χ3v) is 4.67. The minimum absolute atomic E-state index is 0.445. The Balaban J connectivity index is 1.97. The van der Waals surface area contributed by atoms with Gasteiger partial charge in [0.15, 0.2) is 0 Å². The van der Waals surface area contributed by atoms with Crippen molar-refractivity contribution in [2.24, 2.45) is 23.7 Å². The number of fused-ring (bicyclic) bond motifs is 2. The molecular weight excluding hydrogens is 168 g/mol. The summed E-state index contributed by atoms with van der Waals surface area (Å²) >= 11 is 6.42. The second-order valence-electron chi connectivity index (χ2n) is 5.03. The van der Waals surface area contributed by atoms with Crippen LogP contribution in [0, 0.1) is 23.7 Å². The third kappa shape index (κ3) is 1.39. The fourth-order valence-corrected chi connectivity index (χ4v) is 3.49. The SMILES string of the molecule is CC(C)C(Cl)C1CC2CCC1C2. The highest BCUT2D eigenvalue weighted by Gasteiger charge is 2.43. The lowest BCUT2D eigenvalue weighted by atomic mass is 9.83. The average Bonchev–Trinajstić information content (AvgIpc) is 2.62. The van der Waals surface area contributed by atoms with Gasteiger partial charge in [-0.05, 0) is 42.9 Å². The molecule has 0 aromatic rings. The van der Waals surface area contributed by atoms with Crippen molar-refractivity contribution in [3.05, 3.63) is 0 Å². The number of hydrogen-bond acceptors (Lipinski definition) is 0. The molecule has 1 heteroatoms. The van der Waals surface area contributed by atoms with E-state index in [4.69, 9.17) is 11.6 Å². The van der Waals surface area contributed by atoms with Crippen molar-refractivity contribution in [1.82, 2.24) is 0 Å². The largest absolute Gasteiger partial charge is 0.122 e. The normalized spacial score (nSPS) is 42.5. The van der Waals surface area contributed by atoms with Gasteiger partial charge in [-0.2, -0.15) is 0 Å². The lowest BCUT2D eigenvalue weighted by molar-refractivity contribution is 0.289. The summed E-state index contributed by atoms with van der Waals surface area (Å²) < 4.78 is 0. The second kappa shape index (κ2) is 3.21. The Bertz CT molecular complexity index is 164. The molecule has 4 unspecified atom stereocenters. The zero-order valence-corrected chi connectivity index (χ0v) is 8.85. The molecule has 12 heavy (non-hydrogen) atoms. The molecule has 2 bridgehead atoms. The Morgan fingerprint density at radius 3 is 2.33 bits per heavy atom. The van der Waals surface area contributed by atoms with Crippen LogP contribution >= 0.6 is 11.6 Å². The van der Waals surface area contributed by atoms with Crippen LogP contribution in [0.4, 0.5) is 0 Å². The van der Waals surface area contributed by atoms with Gasteiger partial charge in [0.2, 0.25) is 0 Å². The summed E-state index contributed by atoms with van der Waals surface area (Å²) in [5, 5.41) is 0.445. The Morgan fingerprint density at radius 1 is 1.17 bits per heavy atom. The first-order valence-corrected chi connectivity index (χ1v) is 5.76. The maximum atomic E-state index is 6.42. The highest BCUT2D eigenvalue weighted by atomic mass is 35.5. The van der Waals surface area contributed by atoms with Gasteiger partial charge >= 0.3 is 0 Å². The summed E-state index contributed by atoms with van der Waals surface area (Å²) in [7, 11) is 0. The molecule has 2 saturated carbocycles. The monoisotopic (exact) mass is 186 g/mol. The zero-order chi connectivity index (χ0) is 8.72. The number of alkyl halides is 1. The molecule has 0 spiro atoms. The summed E-state index contributed by atoms with van der Waals surface area (Å²) in [5.74, 6) is 3.54. The molecule has 0 saturated heterocycles. The van der Waals surface area contributed by atoms with Crippen molar-refractivity contribution in [1.29, 1.82) is 0 Å². The van der Waals surface area contributed by atoms with Gasteiger partial charge in [-0.3, -0.25) is 0 Å². The predicted octanol–water partition coefficient (Wildman–Crippen LogP) is 3.69. The van der Waals surface area contributed by atoms with Crippen LogP contribution in [0.15, 0.2) is 0 Å². The molecule has 0 aromatic heterocycles. The summed E-state index contributed by atoms with van der Waals surface area (Å²) in [5.41, 5.74) is 0. The Labute approximate surface area is 80.7 Å². The van der Waals surface area contributed by atoms with Crippen molar-refractivity contribution in [2.75, 3.05) is 0 Å². The standard InChI is InChI=1S/C11H19Cl/c1-7(2)11(12)10-6-8-3-4-9(10)5-8/h7-11H,3-6H2,1-2H3. The van der Waals surface area contributed by atoms with Crippen molar-refractivity contribution in [3.8, 4) is 0 Å². The topological polar surface area (TPSA) is 0 Å². The maximum absolute atomic E-state index is 6.42. The van der Waals surface area contributed by atoms with E-state index in [9.17, 15) is 0 Å². The van der Waals surface area contributed by atoms with E-state index >= 15 is 0 Å². The van der Waals surface area contributed by atoms with E-state index in [1.807, 2.05) is 0 Å². The third-order valence-electron chi connectivity index (χ3n) is 3.84. The predicted molar refractivity (Wildman–Crippen MR) is 53.4 cm³/mol. The van der Waals surface area contributed by atoms with Crippen LogP contribution < -0.4 is 0 Å². The van der Waals surface area contributed by atoms with Crippen LogP contribution in [0.2, 0.25) is 0 Å². The van der Waals surface area contributed by atoms with E-state index in [1.54, 1.807) is 0 Å². The first-order chi connectivity index (χ1) is 5.68. The summed E-state index contributed by atoms with van der Waals surface area (Å²) in [6.07, 6.45) is 5.87. The smallest absolute Gasteiger partial charge is 0.0389 e. The van der Waals surface area contributed by atoms with E-state index in [-0.39, 0.29) is 0 Å². The Hall–Kier alpha value is 0.290. The lowest BCUT2D eigenvalue weighted by Gasteiger charge is -2.28. The van der Waals surface area contributed by atoms with Crippen LogP contribution in [-0.4, -0.2) is 5.38 Å². The number of rotatable bonds is 2. The summed E-state index contributed by atoms with van der Waals surface area (Å²) in [6.45, 7) is 4.51. The van der Waals surface area contributed by atoms with Gasteiger partial charge in [-0.1, -0.05) is 20.3 Å². The zero-order valence-electron chi connectivity index (χ0n) is 8.09. The van der Waals surface area contributed by atoms with E-state index in [2.05, 4.69) is 13.8 Å². The summed E-state index contributed by atoms with van der Waals surface area (Å²) in [4.78, 5) is 0. The molecule has 0 heterocycles. The van der Waals surface area contributed by atoms with E-state index in [0.29, 0.717) is 11.3 Å². The molecule has 2 fully saturated rings. The van der Waals surface area contributed by atoms with Gasteiger partial charge in [0, 0.05) is 5.38 Å². The van der Waals surface area contributed by atoms with Gasteiger partial charge < -0.3 is 0 Å². The molecule has 2 aliphatic rings. The highest BCUT2D eigenvalue weighted by Crippen LogP contribution is 2.51. The van der Waals surface area contributed by atoms with Gasteiger partial charge in [0.05, 0.1) is 0 Å². The quantitative estimate of drug-likeness (QED) is 0.578. The fraction of sp³-hybridized carbons (Fsp3) is 1.00. The molecule has 0 amide bonds. The summed E-state index contributed by atoms with van der Waals surface area (Å²) in [6, 6.07) is 0. The molecule has 0 N–H and O–H groups in total. The lowest BCUT2D eigenvalue weighted by Crippen LogP contribution is -2.25. The maximum Gasteiger partial charge on any atom is 0.0389 e. The fourth-order valence-electron chi connectivity index (χ4n) is 3.18. The van der Waals surface area contributed by atoms with Crippen LogP contribution in [0.3, 0.4) is 0 Å². The Morgan fingerprint density at radius 2 is 1.92 bits per heavy atom. The number of halogens is 1. The van der Waals surface area contributed by atoms with Gasteiger partial charge in [-0.25, -0.2) is 0 Å². The molecule has 0 nitrogen and oxygen atoms in total. The van der Waals surface area contributed by atoms with Crippen LogP contribution in [0.5, 0.6) is 0 Å².